The molecular weight excluding hydrogens is 350 g/mol. The Kier molecular flexibility index (Phi) is 5.47. The van der Waals surface area contributed by atoms with E-state index in [4.69, 9.17) is 4.98 Å². The van der Waals surface area contributed by atoms with E-state index in [9.17, 15) is 4.79 Å². The fraction of sp³-hybridized carbons (Fsp3) is 0.227. The first kappa shape index (κ1) is 18.0. The molecule has 3 aromatic rings. The summed E-state index contributed by atoms with van der Waals surface area (Å²) in [5.41, 5.74) is 2.30. The van der Waals surface area contributed by atoms with Gasteiger partial charge in [-0.3, -0.25) is 4.79 Å². The number of anilines is 3. The summed E-state index contributed by atoms with van der Waals surface area (Å²) < 4.78 is 0. The largest absolute Gasteiger partial charge is 0.342 e. The maximum atomic E-state index is 10.9. The van der Waals surface area contributed by atoms with E-state index in [1.807, 2.05) is 36.5 Å². The molecule has 1 aliphatic heterocycles. The Balaban J connectivity index is 1.62. The zero-order chi connectivity index (χ0) is 19.2. The van der Waals surface area contributed by atoms with Crippen LogP contribution in [0.5, 0.6) is 0 Å². The molecule has 6 nitrogen and oxygen atoms in total. The molecule has 4 rings (SSSR count). The molecule has 1 aromatic heterocycles. The third-order valence-corrected chi connectivity index (χ3v) is 4.90. The van der Waals surface area contributed by atoms with Gasteiger partial charge in [-0.2, -0.15) is 4.98 Å². The lowest BCUT2D eigenvalue weighted by atomic mass is 10.2. The van der Waals surface area contributed by atoms with Crippen LogP contribution in [-0.2, 0) is 11.3 Å². The second kappa shape index (κ2) is 8.52. The van der Waals surface area contributed by atoms with Crippen molar-refractivity contribution in [2.75, 3.05) is 36.0 Å². The Hall–Kier alpha value is -3.41. The molecule has 1 fully saturated rings. The van der Waals surface area contributed by atoms with Crippen molar-refractivity contribution < 1.29 is 4.79 Å². The van der Waals surface area contributed by atoms with E-state index in [0.29, 0.717) is 19.0 Å². The highest BCUT2D eigenvalue weighted by Gasteiger charge is 2.19. The molecule has 0 N–H and O–H groups in total. The first-order chi connectivity index (χ1) is 13.8. The molecule has 1 amide bonds. The normalized spacial score (nSPS) is 14.0. The minimum Gasteiger partial charge on any atom is -0.342 e. The van der Waals surface area contributed by atoms with Crippen LogP contribution in [0.25, 0.3) is 0 Å². The number of carbonyl (C=O) groups is 1. The predicted molar refractivity (Wildman–Crippen MR) is 111 cm³/mol. The molecule has 0 unspecified atom stereocenters. The van der Waals surface area contributed by atoms with Crippen LogP contribution in [0.2, 0.25) is 0 Å². The standard InChI is InChI=1S/C22H23N5O/c28-18-25-13-15-26(16-14-25)22-23-12-11-21(24-22)27(20-9-5-2-6-10-20)17-19-7-3-1-4-8-19/h1-12,18H,13-17H2. The van der Waals surface area contributed by atoms with Crippen LogP contribution in [-0.4, -0.2) is 47.5 Å². The highest BCUT2D eigenvalue weighted by atomic mass is 16.1. The molecule has 0 bridgehead atoms. The van der Waals surface area contributed by atoms with Crippen molar-refractivity contribution in [2.45, 2.75) is 6.54 Å². The number of nitrogens with zero attached hydrogens (tertiary/aromatic N) is 5. The zero-order valence-electron chi connectivity index (χ0n) is 15.7. The first-order valence-corrected chi connectivity index (χ1v) is 9.47. The fourth-order valence-corrected chi connectivity index (χ4v) is 3.35. The van der Waals surface area contributed by atoms with Gasteiger partial charge < -0.3 is 14.7 Å². The zero-order valence-corrected chi connectivity index (χ0v) is 15.7. The third-order valence-electron chi connectivity index (χ3n) is 4.90. The molecule has 28 heavy (non-hydrogen) atoms. The molecule has 0 radical (unpaired) electrons. The lowest BCUT2D eigenvalue weighted by molar-refractivity contribution is -0.118. The van der Waals surface area contributed by atoms with Crippen molar-refractivity contribution in [3.8, 4) is 0 Å². The highest BCUT2D eigenvalue weighted by Crippen LogP contribution is 2.27. The van der Waals surface area contributed by atoms with E-state index in [1.54, 1.807) is 4.90 Å². The molecule has 142 valence electrons. The van der Waals surface area contributed by atoms with Crippen molar-refractivity contribution in [3.63, 3.8) is 0 Å². The molecule has 1 saturated heterocycles. The molecular formula is C22H23N5O. The van der Waals surface area contributed by atoms with Gasteiger partial charge in [0.2, 0.25) is 12.4 Å². The maximum absolute atomic E-state index is 10.9. The van der Waals surface area contributed by atoms with E-state index in [2.05, 4.69) is 51.2 Å². The van der Waals surface area contributed by atoms with Gasteiger partial charge in [0.05, 0.1) is 0 Å². The molecule has 0 atom stereocenters. The third kappa shape index (κ3) is 4.11. The highest BCUT2D eigenvalue weighted by molar-refractivity contribution is 5.61. The van der Waals surface area contributed by atoms with Gasteiger partial charge in [-0.1, -0.05) is 48.5 Å². The summed E-state index contributed by atoms with van der Waals surface area (Å²) in [5.74, 6) is 1.56. The number of rotatable bonds is 6. The number of benzene rings is 2. The summed E-state index contributed by atoms with van der Waals surface area (Å²) in [6, 6.07) is 22.6. The lowest BCUT2D eigenvalue weighted by Crippen LogP contribution is -2.46. The number of carbonyl (C=O) groups excluding carboxylic acids is 1. The first-order valence-electron chi connectivity index (χ1n) is 9.47. The molecule has 0 aliphatic carbocycles. The van der Waals surface area contributed by atoms with Gasteiger partial charge in [0.15, 0.2) is 0 Å². The molecule has 0 spiro atoms. The summed E-state index contributed by atoms with van der Waals surface area (Å²) >= 11 is 0. The van der Waals surface area contributed by atoms with Gasteiger partial charge >= 0.3 is 0 Å². The van der Waals surface area contributed by atoms with Crippen molar-refractivity contribution >= 4 is 23.9 Å². The van der Waals surface area contributed by atoms with Crippen molar-refractivity contribution in [1.29, 1.82) is 0 Å². The molecule has 0 saturated carbocycles. The second-order valence-corrected chi connectivity index (χ2v) is 6.75. The Morgan fingerprint density at radius 3 is 2.25 bits per heavy atom. The van der Waals surface area contributed by atoms with Crippen LogP contribution in [0.15, 0.2) is 72.9 Å². The Morgan fingerprint density at radius 1 is 0.893 bits per heavy atom. The van der Waals surface area contributed by atoms with E-state index in [0.717, 1.165) is 37.5 Å². The van der Waals surface area contributed by atoms with Gasteiger partial charge in [0.1, 0.15) is 5.82 Å². The van der Waals surface area contributed by atoms with Gasteiger partial charge in [-0.05, 0) is 23.8 Å². The minimum absolute atomic E-state index is 0.698. The van der Waals surface area contributed by atoms with E-state index >= 15 is 0 Å². The molecule has 2 heterocycles. The minimum atomic E-state index is 0.698. The average molecular weight is 373 g/mol. The van der Waals surface area contributed by atoms with E-state index in [1.165, 1.54) is 5.56 Å². The number of aromatic nitrogens is 2. The fourth-order valence-electron chi connectivity index (χ4n) is 3.35. The van der Waals surface area contributed by atoms with Crippen LogP contribution in [0.3, 0.4) is 0 Å². The van der Waals surface area contributed by atoms with Crippen molar-refractivity contribution in [3.05, 3.63) is 78.5 Å². The number of para-hydroxylation sites is 1. The van der Waals surface area contributed by atoms with Crippen LogP contribution < -0.4 is 9.80 Å². The van der Waals surface area contributed by atoms with Crippen LogP contribution >= 0.6 is 0 Å². The van der Waals surface area contributed by atoms with Gasteiger partial charge in [0.25, 0.3) is 0 Å². The topological polar surface area (TPSA) is 52.6 Å². The van der Waals surface area contributed by atoms with Crippen LogP contribution in [0.1, 0.15) is 5.56 Å². The maximum Gasteiger partial charge on any atom is 0.227 e. The smallest absolute Gasteiger partial charge is 0.227 e. The summed E-state index contributed by atoms with van der Waals surface area (Å²) in [5, 5.41) is 0. The van der Waals surface area contributed by atoms with Gasteiger partial charge in [-0.25, -0.2) is 4.98 Å². The Morgan fingerprint density at radius 2 is 1.57 bits per heavy atom. The monoisotopic (exact) mass is 373 g/mol. The van der Waals surface area contributed by atoms with E-state index in [-0.39, 0.29) is 0 Å². The summed E-state index contributed by atoms with van der Waals surface area (Å²) in [6.45, 7) is 3.60. The quantitative estimate of drug-likeness (QED) is 0.622. The van der Waals surface area contributed by atoms with Crippen LogP contribution in [0.4, 0.5) is 17.5 Å². The molecule has 6 heteroatoms. The Labute approximate surface area is 165 Å². The van der Waals surface area contributed by atoms with Gasteiger partial charge in [-0.15, -0.1) is 0 Å². The lowest BCUT2D eigenvalue weighted by Gasteiger charge is -2.33. The number of hydrogen-bond acceptors (Lipinski definition) is 5. The Bertz CT molecular complexity index is 895. The van der Waals surface area contributed by atoms with Crippen molar-refractivity contribution in [2.24, 2.45) is 0 Å². The SMILES string of the molecule is O=CN1CCN(c2nccc(N(Cc3ccccc3)c3ccccc3)n2)CC1. The number of amides is 1. The van der Waals surface area contributed by atoms with Gasteiger partial charge in [0, 0.05) is 44.6 Å². The number of hydrogen-bond donors (Lipinski definition) is 0. The molecule has 1 aliphatic rings. The molecule has 2 aromatic carbocycles. The summed E-state index contributed by atoms with van der Waals surface area (Å²) in [4.78, 5) is 26.4. The predicted octanol–water partition coefficient (Wildman–Crippen LogP) is 3.09. The summed E-state index contributed by atoms with van der Waals surface area (Å²) in [6.07, 6.45) is 2.72. The van der Waals surface area contributed by atoms with Crippen LogP contribution in [0, 0.1) is 0 Å². The second-order valence-electron chi connectivity index (χ2n) is 6.75. The van der Waals surface area contributed by atoms with E-state index < -0.39 is 0 Å². The van der Waals surface area contributed by atoms with Crippen molar-refractivity contribution in [1.82, 2.24) is 14.9 Å². The summed E-state index contributed by atoms with van der Waals surface area (Å²) in [7, 11) is 0. The number of piperazine rings is 1. The average Bonchev–Trinajstić information content (AvgIpc) is 2.79.